The van der Waals surface area contributed by atoms with E-state index in [4.69, 9.17) is 0 Å². The molecule has 0 unspecified atom stereocenters. The van der Waals surface area contributed by atoms with E-state index < -0.39 is 0 Å². The van der Waals surface area contributed by atoms with Crippen molar-refractivity contribution in [3.63, 3.8) is 0 Å². The number of nitrogens with zero attached hydrogens (tertiary/aromatic N) is 2. The Morgan fingerprint density at radius 1 is 1.35 bits per heavy atom. The predicted molar refractivity (Wildman–Crippen MR) is 84.0 cm³/mol. The van der Waals surface area contributed by atoms with Crippen LogP contribution in [-0.4, -0.2) is 31.7 Å². The average molecular weight is 337 g/mol. The number of benzene rings is 1. The molecule has 2 aromatic rings. The van der Waals surface area contributed by atoms with Gasteiger partial charge in [0.15, 0.2) is 0 Å². The fourth-order valence-corrected chi connectivity index (χ4v) is 2.62. The van der Waals surface area contributed by atoms with Crippen LogP contribution in [0.5, 0.6) is 0 Å². The number of carbonyl (C=O) groups is 1. The van der Waals surface area contributed by atoms with Gasteiger partial charge in [-0.05, 0) is 18.6 Å². The third-order valence-electron chi connectivity index (χ3n) is 3.20. The second-order valence-electron chi connectivity index (χ2n) is 4.57. The molecule has 0 saturated carbocycles. The molecule has 1 aromatic heterocycles. The standard InChI is InChI=1S/C15H17BrN2O2/c1-18(10-4-7-14(19)20-2)15-12-5-3-6-13(16)11(12)8-9-17-15/h3,5-6,8-9H,4,7,10H2,1-2H3. The van der Waals surface area contributed by atoms with E-state index in [1.807, 2.05) is 25.2 Å². The molecule has 0 aliphatic rings. The molecule has 0 saturated heterocycles. The van der Waals surface area contributed by atoms with Gasteiger partial charge in [0.05, 0.1) is 7.11 Å². The molecule has 1 heterocycles. The van der Waals surface area contributed by atoms with Crippen molar-refractivity contribution < 1.29 is 9.53 Å². The highest BCUT2D eigenvalue weighted by Crippen LogP contribution is 2.29. The lowest BCUT2D eigenvalue weighted by Crippen LogP contribution is -2.20. The highest BCUT2D eigenvalue weighted by atomic mass is 79.9. The first-order chi connectivity index (χ1) is 9.63. The number of aromatic nitrogens is 1. The number of fused-ring (bicyclic) bond motifs is 1. The Bertz CT molecular complexity index is 616. The zero-order chi connectivity index (χ0) is 14.5. The molecular weight excluding hydrogens is 320 g/mol. The molecule has 0 N–H and O–H groups in total. The first kappa shape index (κ1) is 14.8. The molecular formula is C15H17BrN2O2. The van der Waals surface area contributed by atoms with Crippen LogP contribution in [0.2, 0.25) is 0 Å². The number of hydrogen-bond acceptors (Lipinski definition) is 4. The molecule has 4 nitrogen and oxygen atoms in total. The maximum absolute atomic E-state index is 11.1. The lowest BCUT2D eigenvalue weighted by molar-refractivity contribution is -0.140. The predicted octanol–water partition coefficient (Wildman–Crippen LogP) is 3.39. The molecule has 2 rings (SSSR count). The van der Waals surface area contributed by atoms with Crippen molar-refractivity contribution in [2.24, 2.45) is 0 Å². The van der Waals surface area contributed by atoms with Crippen molar-refractivity contribution in [1.82, 2.24) is 4.98 Å². The zero-order valence-electron chi connectivity index (χ0n) is 11.6. The maximum atomic E-state index is 11.1. The monoisotopic (exact) mass is 336 g/mol. The van der Waals surface area contributed by atoms with E-state index in [2.05, 4.69) is 36.6 Å². The highest BCUT2D eigenvalue weighted by molar-refractivity contribution is 9.10. The fourth-order valence-electron chi connectivity index (χ4n) is 2.13. The van der Waals surface area contributed by atoms with Gasteiger partial charge in [0.25, 0.3) is 0 Å². The largest absolute Gasteiger partial charge is 0.469 e. The summed E-state index contributed by atoms with van der Waals surface area (Å²) >= 11 is 3.55. The van der Waals surface area contributed by atoms with E-state index in [0.717, 1.165) is 34.0 Å². The molecule has 0 aliphatic heterocycles. The van der Waals surface area contributed by atoms with Crippen LogP contribution in [0.3, 0.4) is 0 Å². The summed E-state index contributed by atoms with van der Waals surface area (Å²) in [5.74, 6) is 0.751. The Kier molecular flexibility index (Phi) is 4.95. The van der Waals surface area contributed by atoms with Gasteiger partial charge in [-0.25, -0.2) is 4.98 Å². The molecule has 0 aliphatic carbocycles. The van der Waals surface area contributed by atoms with Crippen molar-refractivity contribution in [3.8, 4) is 0 Å². The molecule has 1 aromatic carbocycles. The van der Waals surface area contributed by atoms with Gasteiger partial charge < -0.3 is 9.64 Å². The summed E-state index contributed by atoms with van der Waals surface area (Å²) < 4.78 is 5.70. The van der Waals surface area contributed by atoms with Crippen molar-refractivity contribution >= 4 is 38.5 Å². The van der Waals surface area contributed by atoms with Crippen LogP contribution in [0.4, 0.5) is 5.82 Å². The summed E-state index contributed by atoms with van der Waals surface area (Å²) in [6.07, 6.45) is 2.98. The van der Waals surface area contributed by atoms with Crippen LogP contribution in [0.15, 0.2) is 34.9 Å². The topological polar surface area (TPSA) is 42.4 Å². The fraction of sp³-hybridized carbons (Fsp3) is 0.333. The normalized spacial score (nSPS) is 10.6. The molecule has 20 heavy (non-hydrogen) atoms. The summed E-state index contributed by atoms with van der Waals surface area (Å²) in [7, 11) is 3.40. The van der Waals surface area contributed by atoms with Gasteiger partial charge in [-0.15, -0.1) is 0 Å². The number of carbonyl (C=O) groups excluding carboxylic acids is 1. The molecule has 0 radical (unpaired) electrons. The summed E-state index contributed by atoms with van der Waals surface area (Å²) in [6.45, 7) is 0.758. The van der Waals surface area contributed by atoms with E-state index in [0.29, 0.717) is 6.42 Å². The van der Waals surface area contributed by atoms with Gasteiger partial charge in [0, 0.05) is 41.5 Å². The molecule has 106 valence electrons. The van der Waals surface area contributed by atoms with Gasteiger partial charge >= 0.3 is 5.97 Å². The second-order valence-corrected chi connectivity index (χ2v) is 5.43. The summed E-state index contributed by atoms with van der Waals surface area (Å²) in [4.78, 5) is 17.6. The van der Waals surface area contributed by atoms with Gasteiger partial charge in [-0.2, -0.15) is 0 Å². The zero-order valence-corrected chi connectivity index (χ0v) is 13.2. The van der Waals surface area contributed by atoms with Crippen molar-refractivity contribution in [3.05, 3.63) is 34.9 Å². The number of hydrogen-bond donors (Lipinski definition) is 0. The van der Waals surface area contributed by atoms with E-state index in [1.165, 1.54) is 7.11 Å². The molecule has 0 spiro atoms. The van der Waals surface area contributed by atoms with E-state index in [-0.39, 0.29) is 5.97 Å². The number of esters is 1. The maximum Gasteiger partial charge on any atom is 0.305 e. The number of anilines is 1. The third-order valence-corrected chi connectivity index (χ3v) is 3.89. The van der Waals surface area contributed by atoms with Gasteiger partial charge in [-0.1, -0.05) is 28.1 Å². The van der Waals surface area contributed by atoms with Crippen LogP contribution in [0.25, 0.3) is 10.8 Å². The molecule has 0 atom stereocenters. The Morgan fingerprint density at radius 3 is 2.90 bits per heavy atom. The lowest BCUT2D eigenvalue weighted by Gasteiger charge is -2.19. The van der Waals surface area contributed by atoms with Crippen LogP contribution in [0.1, 0.15) is 12.8 Å². The van der Waals surface area contributed by atoms with Crippen LogP contribution < -0.4 is 4.90 Å². The highest BCUT2D eigenvalue weighted by Gasteiger charge is 2.09. The summed E-state index contributed by atoms with van der Waals surface area (Å²) in [5.41, 5.74) is 0. The van der Waals surface area contributed by atoms with Crippen LogP contribution in [-0.2, 0) is 9.53 Å². The van der Waals surface area contributed by atoms with Gasteiger partial charge in [0.2, 0.25) is 0 Å². The quantitative estimate of drug-likeness (QED) is 0.785. The van der Waals surface area contributed by atoms with Crippen LogP contribution >= 0.6 is 15.9 Å². The summed E-state index contributed by atoms with van der Waals surface area (Å²) in [5, 5.41) is 2.24. The van der Waals surface area contributed by atoms with Gasteiger partial charge in [0.1, 0.15) is 5.82 Å². The molecule has 5 heteroatoms. The Balaban J connectivity index is 2.16. The molecule has 0 fully saturated rings. The van der Waals surface area contributed by atoms with Gasteiger partial charge in [-0.3, -0.25) is 4.79 Å². The Morgan fingerprint density at radius 2 is 2.15 bits per heavy atom. The molecule has 0 amide bonds. The number of ether oxygens (including phenoxy) is 1. The lowest BCUT2D eigenvalue weighted by atomic mass is 10.1. The number of methoxy groups -OCH3 is 1. The smallest absolute Gasteiger partial charge is 0.305 e. The Labute approximate surface area is 126 Å². The minimum Gasteiger partial charge on any atom is -0.469 e. The first-order valence-corrected chi connectivity index (χ1v) is 7.24. The number of pyridine rings is 1. The van der Waals surface area contributed by atoms with E-state index >= 15 is 0 Å². The second kappa shape index (κ2) is 6.70. The summed E-state index contributed by atoms with van der Waals surface area (Å²) in [6, 6.07) is 8.06. The average Bonchev–Trinajstić information content (AvgIpc) is 2.46. The molecule has 0 bridgehead atoms. The van der Waals surface area contributed by atoms with Crippen molar-refractivity contribution in [1.29, 1.82) is 0 Å². The van der Waals surface area contributed by atoms with E-state index in [9.17, 15) is 4.79 Å². The van der Waals surface area contributed by atoms with E-state index in [1.54, 1.807) is 6.20 Å². The first-order valence-electron chi connectivity index (χ1n) is 6.44. The third kappa shape index (κ3) is 3.28. The van der Waals surface area contributed by atoms with Crippen LogP contribution in [0, 0.1) is 0 Å². The number of rotatable bonds is 5. The number of halogens is 1. The van der Waals surface area contributed by atoms with Crippen molar-refractivity contribution in [2.45, 2.75) is 12.8 Å². The minimum absolute atomic E-state index is 0.174. The minimum atomic E-state index is -0.174. The Hall–Kier alpha value is -1.62. The van der Waals surface area contributed by atoms with Crippen molar-refractivity contribution in [2.75, 3.05) is 25.6 Å². The SMILES string of the molecule is COC(=O)CCCN(C)c1nccc2c(Br)cccc12.